The lowest BCUT2D eigenvalue weighted by Crippen LogP contribution is -2.43. The summed E-state index contributed by atoms with van der Waals surface area (Å²) in [5, 5.41) is 9.87. The molecule has 0 saturated carbocycles. The molecule has 1 N–H and O–H groups in total. The minimum absolute atomic E-state index is 0.0144. The van der Waals surface area contributed by atoms with Gasteiger partial charge in [-0.25, -0.2) is 0 Å². The SMILES string of the molecule is Cc1ccc(C(=O)N2CCCO[C@H](CN3CCCCC3)C2)cc1O. The second kappa shape index (κ2) is 7.99. The molecule has 2 aliphatic heterocycles. The van der Waals surface area contributed by atoms with E-state index in [-0.39, 0.29) is 17.8 Å². The van der Waals surface area contributed by atoms with E-state index in [1.165, 1.54) is 19.3 Å². The molecule has 3 rings (SSSR count). The molecule has 24 heavy (non-hydrogen) atoms. The van der Waals surface area contributed by atoms with Crippen molar-refractivity contribution < 1.29 is 14.6 Å². The lowest BCUT2D eigenvalue weighted by Gasteiger charge is -2.31. The van der Waals surface area contributed by atoms with Crippen molar-refractivity contribution in [3.63, 3.8) is 0 Å². The second-order valence-electron chi connectivity index (χ2n) is 6.96. The molecule has 2 saturated heterocycles. The molecule has 2 aliphatic rings. The van der Waals surface area contributed by atoms with Crippen LogP contribution in [0.25, 0.3) is 0 Å². The van der Waals surface area contributed by atoms with Crippen LogP contribution in [0.3, 0.4) is 0 Å². The van der Waals surface area contributed by atoms with Gasteiger partial charge in [0.25, 0.3) is 5.91 Å². The summed E-state index contributed by atoms with van der Waals surface area (Å²) >= 11 is 0. The van der Waals surface area contributed by atoms with Crippen molar-refractivity contribution in [2.75, 3.05) is 39.3 Å². The molecule has 0 radical (unpaired) electrons. The van der Waals surface area contributed by atoms with Gasteiger partial charge in [0.05, 0.1) is 6.10 Å². The minimum Gasteiger partial charge on any atom is -0.508 e. The van der Waals surface area contributed by atoms with Gasteiger partial charge in [0, 0.05) is 31.8 Å². The number of aromatic hydroxyl groups is 1. The fraction of sp³-hybridized carbons (Fsp3) is 0.632. The summed E-state index contributed by atoms with van der Waals surface area (Å²) in [7, 11) is 0. The summed E-state index contributed by atoms with van der Waals surface area (Å²) in [5.41, 5.74) is 1.34. The third-order valence-corrected chi connectivity index (χ3v) is 5.00. The van der Waals surface area contributed by atoms with E-state index < -0.39 is 0 Å². The van der Waals surface area contributed by atoms with E-state index >= 15 is 0 Å². The molecule has 5 heteroatoms. The van der Waals surface area contributed by atoms with Crippen molar-refractivity contribution in [1.29, 1.82) is 0 Å². The number of ether oxygens (including phenoxy) is 1. The largest absolute Gasteiger partial charge is 0.508 e. The van der Waals surface area contributed by atoms with Gasteiger partial charge in [-0.3, -0.25) is 4.79 Å². The van der Waals surface area contributed by atoms with Crippen molar-refractivity contribution in [1.82, 2.24) is 9.80 Å². The van der Waals surface area contributed by atoms with Gasteiger partial charge >= 0.3 is 0 Å². The fourth-order valence-corrected chi connectivity index (χ4v) is 3.55. The van der Waals surface area contributed by atoms with Crippen LogP contribution in [0.5, 0.6) is 5.75 Å². The zero-order chi connectivity index (χ0) is 16.9. The molecule has 0 aromatic heterocycles. The maximum atomic E-state index is 12.8. The molecular formula is C19H28N2O3. The Hall–Kier alpha value is -1.59. The van der Waals surface area contributed by atoms with Crippen molar-refractivity contribution in [2.24, 2.45) is 0 Å². The van der Waals surface area contributed by atoms with Crippen molar-refractivity contribution >= 4 is 5.91 Å². The molecule has 1 amide bonds. The van der Waals surface area contributed by atoms with Crippen LogP contribution in [0, 0.1) is 6.92 Å². The molecule has 2 heterocycles. The van der Waals surface area contributed by atoms with Gasteiger partial charge in [-0.15, -0.1) is 0 Å². The van der Waals surface area contributed by atoms with Gasteiger partial charge in [-0.2, -0.15) is 0 Å². The first-order valence-electron chi connectivity index (χ1n) is 9.06. The molecule has 2 fully saturated rings. The predicted molar refractivity (Wildman–Crippen MR) is 93.4 cm³/mol. The number of phenolic OH excluding ortho intramolecular Hbond substituents is 1. The smallest absolute Gasteiger partial charge is 0.254 e. The van der Waals surface area contributed by atoms with Crippen LogP contribution in [0.1, 0.15) is 41.6 Å². The zero-order valence-corrected chi connectivity index (χ0v) is 14.5. The maximum Gasteiger partial charge on any atom is 0.254 e. The fourth-order valence-electron chi connectivity index (χ4n) is 3.55. The topological polar surface area (TPSA) is 53.0 Å². The standard InChI is InChI=1S/C19H28N2O3/c1-15-6-7-16(12-18(15)22)19(23)21-10-5-11-24-17(14-21)13-20-8-3-2-4-9-20/h6-7,12,17,22H,2-5,8-11,13-14H2,1H3/t17-/m1/s1. The van der Waals surface area contributed by atoms with E-state index in [1.54, 1.807) is 18.2 Å². The molecule has 1 aromatic carbocycles. The van der Waals surface area contributed by atoms with Gasteiger partial charge in [0.2, 0.25) is 0 Å². The van der Waals surface area contributed by atoms with Gasteiger partial charge in [-0.05, 0) is 57.0 Å². The van der Waals surface area contributed by atoms with E-state index in [1.807, 2.05) is 11.8 Å². The number of rotatable bonds is 3. The van der Waals surface area contributed by atoms with E-state index in [4.69, 9.17) is 4.74 Å². The molecule has 0 spiro atoms. The van der Waals surface area contributed by atoms with E-state index in [0.717, 1.165) is 31.6 Å². The molecule has 0 bridgehead atoms. The Balaban J connectivity index is 1.64. The van der Waals surface area contributed by atoms with Crippen molar-refractivity contribution in [3.05, 3.63) is 29.3 Å². The average Bonchev–Trinajstić information content (AvgIpc) is 2.83. The summed E-state index contributed by atoms with van der Waals surface area (Å²) in [6.45, 7) is 7.07. The summed E-state index contributed by atoms with van der Waals surface area (Å²) in [6.07, 6.45) is 4.79. The van der Waals surface area contributed by atoms with Crippen LogP contribution in [0.4, 0.5) is 0 Å². The molecule has 1 aromatic rings. The molecule has 132 valence electrons. The third kappa shape index (κ3) is 4.28. The average molecular weight is 332 g/mol. The van der Waals surface area contributed by atoms with Crippen LogP contribution < -0.4 is 0 Å². The number of aryl methyl sites for hydroxylation is 1. The number of benzene rings is 1. The van der Waals surface area contributed by atoms with Crippen LogP contribution in [-0.4, -0.2) is 66.2 Å². The molecule has 0 aliphatic carbocycles. The first-order chi connectivity index (χ1) is 11.6. The molecular weight excluding hydrogens is 304 g/mol. The Morgan fingerprint density at radius 1 is 1.21 bits per heavy atom. The number of carbonyl (C=O) groups excluding carboxylic acids is 1. The predicted octanol–water partition coefficient (Wildman–Crippen LogP) is 2.42. The molecule has 0 unspecified atom stereocenters. The highest BCUT2D eigenvalue weighted by molar-refractivity contribution is 5.94. The van der Waals surface area contributed by atoms with Crippen molar-refractivity contribution in [3.8, 4) is 5.75 Å². The summed E-state index contributed by atoms with van der Waals surface area (Å²) in [5.74, 6) is 0.163. The Labute approximate surface area is 144 Å². The quantitative estimate of drug-likeness (QED) is 0.924. The Kier molecular flexibility index (Phi) is 5.74. The first kappa shape index (κ1) is 17.2. The first-order valence-corrected chi connectivity index (χ1v) is 9.06. The Bertz CT molecular complexity index is 570. The van der Waals surface area contributed by atoms with Gasteiger partial charge < -0.3 is 19.6 Å². The van der Waals surface area contributed by atoms with Crippen LogP contribution in [0.15, 0.2) is 18.2 Å². The number of likely N-dealkylation sites (tertiary alicyclic amines) is 1. The molecule has 1 atom stereocenters. The number of hydrogen-bond donors (Lipinski definition) is 1. The minimum atomic E-state index is -0.0144. The van der Waals surface area contributed by atoms with Crippen molar-refractivity contribution in [2.45, 2.75) is 38.7 Å². The van der Waals surface area contributed by atoms with Gasteiger partial charge in [-0.1, -0.05) is 12.5 Å². The van der Waals surface area contributed by atoms with Gasteiger partial charge in [0.15, 0.2) is 0 Å². The zero-order valence-electron chi connectivity index (χ0n) is 14.5. The van der Waals surface area contributed by atoms with Crippen LogP contribution >= 0.6 is 0 Å². The highest BCUT2D eigenvalue weighted by Gasteiger charge is 2.25. The highest BCUT2D eigenvalue weighted by atomic mass is 16.5. The normalized spacial score (nSPS) is 23.0. The number of amides is 1. The lowest BCUT2D eigenvalue weighted by molar-refractivity contribution is 0.0216. The van der Waals surface area contributed by atoms with E-state index in [2.05, 4.69) is 4.90 Å². The summed E-state index contributed by atoms with van der Waals surface area (Å²) < 4.78 is 5.98. The summed E-state index contributed by atoms with van der Waals surface area (Å²) in [4.78, 5) is 17.1. The monoisotopic (exact) mass is 332 g/mol. The highest BCUT2D eigenvalue weighted by Crippen LogP contribution is 2.20. The van der Waals surface area contributed by atoms with Crippen LogP contribution in [-0.2, 0) is 4.74 Å². The summed E-state index contributed by atoms with van der Waals surface area (Å²) in [6, 6.07) is 5.16. The van der Waals surface area contributed by atoms with Crippen LogP contribution in [0.2, 0.25) is 0 Å². The van der Waals surface area contributed by atoms with E-state index in [9.17, 15) is 9.90 Å². The van der Waals surface area contributed by atoms with Gasteiger partial charge in [0.1, 0.15) is 5.75 Å². The lowest BCUT2D eigenvalue weighted by atomic mass is 10.1. The maximum absolute atomic E-state index is 12.8. The third-order valence-electron chi connectivity index (χ3n) is 5.00. The Morgan fingerprint density at radius 2 is 2.00 bits per heavy atom. The number of nitrogens with zero attached hydrogens (tertiary/aromatic N) is 2. The number of phenols is 1. The molecule has 5 nitrogen and oxygen atoms in total. The second-order valence-corrected chi connectivity index (χ2v) is 6.96. The number of hydrogen-bond acceptors (Lipinski definition) is 4. The Morgan fingerprint density at radius 3 is 2.75 bits per heavy atom. The number of piperidine rings is 1. The number of carbonyl (C=O) groups is 1. The van der Waals surface area contributed by atoms with E-state index in [0.29, 0.717) is 25.3 Å².